The first-order chi connectivity index (χ1) is 14.4. The molecule has 0 aliphatic heterocycles. The maximum atomic E-state index is 10.7. The van der Waals surface area contributed by atoms with Gasteiger partial charge in [0.1, 0.15) is 12.4 Å². The minimum absolute atomic E-state index is 0.0303. The average Bonchev–Trinajstić information content (AvgIpc) is 2.72. The number of benzene rings is 3. The highest BCUT2D eigenvalue weighted by Gasteiger charge is 2.07. The number of ether oxygens (including phenoxy) is 1. The van der Waals surface area contributed by atoms with Gasteiger partial charge in [0.25, 0.3) is 5.69 Å². The van der Waals surface area contributed by atoms with Crippen LogP contribution in [0, 0.1) is 10.1 Å². The topological polar surface area (TPSA) is 76.8 Å². The number of rotatable bonds is 8. The normalized spacial score (nSPS) is 10.9. The molecule has 3 aromatic carbocycles. The number of nitro groups is 1. The van der Waals surface area contributed by atoms with E-state index in [4.69, 9.17) is 39.5 Å². The van der Waals surface area contributed by atoms with Crippen LogP contribution in [0.1, 0.15) is 16.7 Å². The number of non-ortho nitro benzene ring substituents is 1. The van der Waals surface area contributed by atoms with Crippen LogP contribution in [-0.2, 0) is 13.2 Å². The van der Waals surface area contributed by atoms with Crippen LogP contribution in [0.15, 0.2) is 65.8 Å². The zero-order valence-electron chi connectivity index (χ0n) is 15.5. The number of nitrogens with zero attached hydrogens (tertiary/aromatic N) is 2. The zero-order chi connectivity index (χ0) is 21.5. The Morgan fingerprint density at radius 2 is 1.73 bits per heavy atom. The molecule has 0 amide bonds. The van der Waals surface area contributed by atoms with E-state index in [9.17, 15) is 10.1 Å². The van der Waals surface area contributed by atoms with Crippen LogP contribution in [0.4, 0.5) is 5.69 Å². The Morgan fingerprint density at radius 1 is 1.03 bits per heavy atom. The van der Waals surface area contributed by atoms with E-state index in [1.807, 2.05) is 0 Å². The highest BCUT2D eigenvalue weighted by molar-refractivity contribution is 6.36. The predicted octanol–water partition coefficient (Wildman–Crippen LogP) is 6.26. The third kappa shape index (κ3) is 5.86. The summed E-state index contributed by atoms with van der Waals surface area (Å²) in [6.45, 7) is 0.595. The van der Waals surface area contributed by atoms with E-state index in [1.54, 1.807) is 54.7 Å². The van der Waals surface area contributed by atoms with Crippen LogP contribution in [0.5, 0.6) is 5.75 Å². The highest BCUT2D eigenvalue weighted by Crippen LogP contribution is 2.25. The van der Waals surface area contributed by atoms with Crippen molar-refractivity contribution in [1.82, 2.24) is 5.43 Å². The lowest BCUT2D eigenvalue weighted by Gasteiger charge is -2.10. The van der Waals surface area contributed by atoms with Crippen molar-refractivity contribution in [3.63, 3.8) is 0 Å². The molecule has 0 aliphatic carbocycles. The molecule has 6 nitrogen and oxygen atoms in total. The fraction of sp³-hybridized carbons (Fsp3) is 0.0952. The zero-order valence-corrected chi connectivity index (χ0v) is 17.8. The van der Waals surface area contributed by atoms with E-state index < -0.39 is 4.92 Å². The molecule has 0 spiro atoms. The summed E-state index contributed by atoms with van der Waals surface area (Å²) in [5.74, 6) is 0.569. The van der Waals surface area contributed by atoms with E-state index in [0.29, 0.717) is 32.9 Å². The standard InChI is InChI=1S/C21H16Cl3N3O3/c22-16-6-9-21(30-13-14-4-7-17(8-5-14)27(28)29)15(10-16)11-25-26-12-18-19(23)2-1-3-20(18)24/h1-11,26H,12-13H2/b25-11-. The Bertz CT molecular complexity index is 1050. The van der Waals surface area contributed by atoms with Crippen molar-refractivity contribution in [2.24, 2.45) is 5.10 Å². The molecule has 9 heteroatoms. The van der Waals surface area contributed by atoms with Crippen molar-refractivity contribution in [2.75, 3.05) is 0 Å². The average molecular weight is 465 g/mol. The number of hydrogen-bond acceptors (Lipinski definition) is 5. The van der Waals surface area contributed by atoms with Crippen LogP contribution >= 0.6 is 34.8 Å². The Kier molecular flexibility index (Phi) is 7.52. The van der Waals surface area contributed by atoms with E-state index >= 15 is 0 Å². The first-order valence-electron chi connectivity index (χ1n) is 8.78. The molecule has 0 saturated carbocycles. The quantitative estimate of drug-likeness (QED) is 0.242. The van der Waals surface area contributed by atoms with Crippen molar-refractivity contribution in [3.05, 3.63) is 103 Å². The van der Waals surface area contributed by atoms with Crippen molar-refractivity contribution in [1.29, 1.82) is 0 Å². The van der Waals surface area contributed by atoms with Gasteiger partial charge in [-0.25, -0.2) is 0 Å². The summed E-state index contributed by atoms with van der Waals surface area (Å²) in [7, 11) is 0. The molecule has 0 fully saturated rings. The molecular formula is C21H16Cl3N3O3. The fourth-order valence-corrected chi connectivity index (χ4v) is 3.28. The lowest BCUT2D eigenvalue weighted by atomic mass is 10.2. The van der Waals surface area contributed by atoms with Gasteiger partial charge in [-0.2, -0.15) is 5.10 Å². The van der Waals surface area contributed by atoms with Gasteiger partial charge < -0.3 is 10.2 Å². The molecule has 3 rings (SSSR count). The summed E-state index contributed by atoms with van der Waals surface area (Å²) in [6, 6.07) is 16.6. The number of hydrazone groups is 1. The van der Waals surface area contributed by atoms with Gasteiger partial charge in [-0.05, 0) is 48.0 Å². The van der Waals surface area contributed by atoms with E-state index in [-0.39, 0.29) is 12.3 Å². The van der Waals surface area contributed by atoms with Gasteiger partial charge >= 0.3 is 0 Å². The summed E-state index contributed by atoms with van der Waals surface area (Å²) in [6.07, 6.45) is 1.59. The van der Waals surface area contributed by atoms with Crippen LogP contribution < -0.4 is 10.2 Å². The molecule has 1 N–H and O–H groups in total. The lowest BCUT2D eigenvalue weighted by molar-refractivity contribution is -0.384. The molecule has 30 heavy (non-hydrogen) atoms. The SMILES string of the molecule is O=[N+]([O-])c1ccc(COc2ccc(Cl)cc2/C=N\NCc2c(Cl)cccc2Cl)cc1. The van der Waals surface area contributed by atoms with Crippen LogP contribution in [0.3, 0.4) is 0 Å². The first kappa shape index (κ1) is 21.9. The molecule has 3 aromatic rings. The summed E-state index contributed by atoms with van der Waals surface area (Å²) < 4.78 is 5.84. The van der Waals surface area contributed by atoms with Gasteiger partial charge in [0, 0.05) is 38.3 Å². The molecule has 0 radical (unpaired) electrons. The van der Waals surface area contributed by atoms with Crippen molar-refractivity contribution in [3.8, 4) is 5.75 Å². The van der Waals surface area contributed by atoms with Gasteiger partial charge in [-0.3, -0.25) is 10.1 Å². The summed E-state index contributed by atoms with van der Waals surface area (Å²) in [5.41, 5.74) is 5.15. The smallest absolute Gasteiger partial charge is 0.269 e. The highest BCUT2D eigenvalue weighted by atomic mass is 35.5. The first-order valence-corrected chi connectivity index (χ1v) is 9.92. The third-order valence-electron chi connectivity index (χ3n) is 4.13. The summed E-state index contributed by atoms with van der Waals surface area (Å²) in [5, 5.41) is 16.6. The van der Waals surface area contributed by atoms with Crippen LogP contribution in [-0.4, -0.2) is 11.1 Å². The fourth-order valence-electron chi connectivity index (χ4n) is 2.57. The Morgan fingerprint density at radius 3 is 2.40 bits per heavy atom. The van der Waals surface area contributed by atoms with Crippen LogP contribution in [0.25, 0.3) is 0 Å². The molecule has 0 saturated heterocycles. The number of hydrogen-bond donors (Lipinski definition) is 1. The van der Waals surface area contributed by atoms with E-state index in [2.05, 4.69) is 10.5 Å². The molecule has 0 bridgehead atoms. The number of nitro benzene ring substituents is 1. The monoisotopic (exact) mass is 463 g/mol. The summed E-state index contributed by atoms with van der Waals surface area (Å²) in [4.78, 5) is 10.3. The third-order valence-corrected chi connectivity index (χ3v) is 5.07. The van der Waals surface area contributed by atoms with Crippen molar-refractivity contribution >= 4 is 46.7 Å². The Labute approximate surface area is 188 Å². The molecule has 0 aromatic heterocycles. The molecular weight excluding hydrogens is 449 g/mol. The lowest BCUT2D eigenvalue weighted by Crippen LogP contribution is -2.07. The van der Waals surface area contributed by atoms with E-state index in [1.165, 1.54) is 12.1 Å². The van der Waals surface area contributed by atoms with Gasteiger partial charge in [-0.15, -0.1) is 0 Å². The second kappa shape index (κ2) is 10.3. The van der Waals surface area contributed by atoms with Crippen molar-refractivity contribution in [2.45, 2.75) is 13.2 Å². The van der Waals surface area contributed by atoms with Crippen molar-refractivity contribution < 1.29 is 9.66 Å². The molecule has 0 unspecified atom stereocenters. The Balaban J connectivity index is 1.66. The minimum atomic E-state index is -0.443. The molecule has 0 atom stereocenters. The van der Waals surface area contributed by atoms with Gasteiger partial charge in [0.2, 0.25) is 0 Å². The van der Waals surface area contributed by atoms with Crippen LogP contribution in [0.2, 0.25) is 15.1 Å². The second-order valence-corrected chi connectivity index (χ2v) is 7.44. The van der Waals surface area contributed by atoms with Gasteiger partial charge in [0.05, 0.1) is 17.7 Å². The largest absolute Gasteiger partial charge is 0.488 e. The molecule has 154 valence electrons. The van der Waals surface area contributed by atoms with Gasteiger partial charge in [-0.1, -0.05) is 40.9 Å². The Hall–Kier alpha value is -2.80. The molecule has 0 aliphatic rings. The maximum absolute atomic E-state index is 10.7. The minimum Gasteiger partial charge on any atom is -0.488 e. The van der Waals surface area contributed by atoms with Gasteiger partial charge in [0.15, 0.2) is 0 Å². The molecule has 0 heterocycles. The second-order valence-electron chi connectivity index (χ2n) is 6.19. The number of halogens is 3. The predicted molar refractivity (Wildman–Crippen MR) is 120 cm³/mol. The summed E-state index contributed by atoms with van der Waals surface area (Å²) >= 11 is 18.4. The number of nitrogens with one attached hydrogen (secondary N) is 1. The maximum Gasteiger partial charge on any atom is 0.269 e. The van der Waals surface area contributed by atoms with E-state index in [0.717, 1.165) is 11.1 Å².